The Hall–Kier alpha value is -2.79. The summed E-state index contributed by atoms with van der Waals surface area (Å²) in [5.74, 6) is 0.0401. The normalized spacial score (nSPS) is 10.5. The Balaban J connectivity index is 2.15. The van der Waals surface area contributed by atoms with Crippen molar-refractivity contribution in [2.75, 3.05) is 12.4 Å². The lowest BCUT2D eigenvalue weighted by Crippen LogP contribution is -2.10. The van der Waals surface area contributed by atoms with Crippen LogP contribution in [0.2, 0.25) is 5.02 Å². The molecule has 0 aliphatic carbocycles. The molecule has 0 spiro atoms. The number of anilines is 1. The van der Waals surface area contributed by atoms with E-state index in [9.17, 15) is 4.39 Å². The molecule has 0 amide bonds. The highest BCUT2D eigenvalue weighted by Gasteiger charge is 2.20. The van der Waals surface area contributed by atoms with E-state index >= 15 is 0 Å². The van der Waals surface area contributed by atoms with Crippen molar-refractivity contribution < 1.29 is 4.39 Å². The first kappa shape index (κ1) is 16.1. The molecule has 0 atom stereocenters. The van der Waals surface area contributed by atoms with Crippen LogP contribution in [0, 0.1) is 11.2 Å². The molecule has 0 aliphatic heterocycles. The predicted molar refractivity (Wildman–Crippen MR) is 94.4 cm³/mol. The fraction of sp³-hybridized carbons (Fsp3) is 0.0556. The van der Waals surface area contributed by atoms with Crippen LogP contribution in [0.25, 0.3) is 11.3 Å². The molecule has 2 aromatic carbocycles. The van der Waals surface area contributed by atoms with Crippen LogP contribution in [0.3, 0.4) is 0 Å². The first-order chi connectivity index (χ1) is 11.6. The first-order valence-electron chi connectivity index (χ1n) is 7.26. The third-order valence-electron chi connectivity index (χ3n) is 3.58. The molecule has 3 aromatic rings. The molecule has 4 nitrogen and oxygen atoms in total. The maximum Gasteiger partial charge on any atom is 0.159 e. The third-order valence-corrected chi connectivity index (χ3v) is 3.95. The monoisotopic (exact) mass is 340 g/mol. The largest absolute Gasteiger partial charge is 0.371 e. The van der Waals surface area contributed by atoms with Crippen molar-refractivity contribution in [2.45, 2.75) is 0 Å². The summed E-state index contributed by atoms with van der Waals surface area (Å²) in [6.07, 6.45) is 0. The Morgan fingerprint density at radius 2 is 1.71 bits per heavy atom. The molecule has 1 aromatic heterocycles. The van der Waals surface area contributed by atoms with Crippen molar-refractivity contribution in [3.8, 4) is 11.3 Å². The van der Waals surface area contributed by atoms with Crippen LogP contribution in [0.4, 0.5) is 10.2 Å². The van der Waals surface area contributed by atoms with Crippen molar-refractivity contribution in [3.63, 3.8) is 0 Å². The summed E-state index contributed by atoms with van der Waals surface area (Å²) in [4.78, 5) is 0. The fourth-order valence-corrected chi connectivity index (χ4v) is 2.69. The van der Waals surface area contributed by atoms with Gasteiger partial charge in [0.15, 0.2) is 5.82 Å². The number of rotatable bonds is 4. The minimum Gasteiger partial charge on any atom is -0.371 e. The molecule has 3 rings (SSSR count). The van der Waals surface area contributed by atoms with E-state index in [0.29, 0.717) is 27.7 Å². The van der Waals surface area contributed by atoms with Gasteiger partial charge in [0.05, 0.1) is 16.3 Å². The first-order valence-corrected chi connectivity index (χ1v) is 7.64. The Morgan fingerprint density at radius 3 is 2.33 bits per heavy atom. The molecule has 0 radical (unpaired) electrons. The van der Waals surface area contributed by atoms with Gasteiger partial charge in [0.1, 0.15) is 11.5 Å². The van der Waals surface area contributed by atoms with Gasteiger partial charge in [-0.15, -0.1) is 10.2 Å². The van der Waals surface area contributed by atoms with Gasteiger partial charge in [-0.3, -0.25) is 5.41 Å². The maximum atomic E-state index is 13.1. The average molecular weight is 341 g/mol. The summed E-state index contributed by atoms with van der Waals surface area (Å²) in [7, 11) is 1.68. The highest BCUT2D eigenvalue weighted by Crippen LogP contribution is 2.32. The molecule has 0 saturated heterocycles. The summed E-state index contributed by atoms with van der Waals surface area (Å²) in [5.41, 5.74) is 2.43. The van der Waals surface area contributed by atoms with E-state index < -0.39 is 0 Å². The van der Waals surface area contributed by atoms with Crippen LogP contribution in [0.5, 0.6) is 0 Å². The highest BCUT2D eigenvalue weighted by atomic mass is 35.5. The summed E-state index contributed by atoms with van der Waals surface area (Å²) in [5, 5.41) is 20.0. The smallest absolute Gasteiger partial charge is 0.159 e. The molecule has 0 fully saturated rings. The van der Waals surface area contributed by atoms with Crippen LogP contribution in [0.1, 0.15) is 11.1 Å². The number of halogens is 2. The van der Waals surface area contributed by atoms with Gasteiger partial charge in [-0.2, -0.15) is 0 Å². The number of nitrogens with zero attached hydrogens (tertiary/aromatic N) is 2. The van der Waals surface area contributed by atoms with Crippen LogP contribution in [-0.2, 0) is 0 Å². The molecular formula is C18H14ClFN4. The summed E-state index contributed by atoms with van der Waals surface area (Å²) in [6.45, 7) is 0. The van der Waals surface area contributed by atoms with Gasteiger partial charge in [0.2, 0.25) is 0 Å². The molecule has 1 heterocycles. The summed E-state index contributed by atoms with van der Waals surface area (Å²) in [6, 6.07) is 15.1. The van der Waals surface area contributed by atoms with E-state index in [-0.39, 0.29) is 11.5 Å². The SMILES string of the molecule is CNc1nnc(-c2ccccc2)c(Cl)c1C(=N)c1ccc(F)cc1. The minimum absolute atomic E-state index is 0.149. The Bertz CT molecular complexity index is 880. The molecule has 0 aliphatic rings. The van der Waals surface area contributed by atoms with Gasteiger partial charge in [-0.05, 0) is 24.3 Å². The molecular weight excluding hydrogens is 327 g/mol. The zero-order chi connectivity index (χ0) is 17.1. The second kappa shape index (κ2) is 6.76. The lowest BCUT2D eigenvalue weighted by molar-refractivity contribution is 0.628. The zero-order valence-electron chi connectivity index (χ0n) is 12.8. The standard InChI is InChI=1S/C18H14ClFN4/c1-22-18-14(16(21)11-7-9-13(20)10-8-11)15(19)17(23-24-18)12-5-3-2-4-6-12/h2-10,21H,1H3,(H,22,24). The Morgan fingerprint density at radius 1 is 1.04 bits per heavy atom. The van der Waals surface area contributed by atoms with Gasteiger partial charge in [-0.25, -0.2) is 4.39 Å². The quantitative estimate of drug-likeness (QED) is 0.692. The maximum absolute atomic E-state index is 13.1. The van der Waals surface area contributed by atoms with Gasteiger partial charge in [0.25, 0.3) is 0 Å². The van der Waals surface area contributed by atoms with Gasteiger partial charge in [-0.1, -0.05) is 41.9 Å². The van der Waals surface area contributed by atoms with Gasteiger partial charge >= 0.3 is 0 Å². The molecule has 6 heteroatoms. The molecule has 2 N–H and O–H groups in total. The van der Waals surface area contributed by atoms with Crippen LogP contribution in [-0.4, -0.2) is 23.0 Å². The molecule has 0 bridgehead atoms. The number of nitrogens with one attached hydrogen (secondary N) is 2. The molecule has 0 unspecified atom stereocenters. The van der Waals surface area contributed by atoms with Crippen molar-refractivity contribution in [1.82, 2.24) is 10.2 Å². The highest BCUT2D eigenvalue weighted by molar-refractivity contribution is 6.38. The van der Waals surface area contributed by atoms with E-state index in [4.69, 9.17) is 17.0 Å². The molecule has 24 heavy (non-hydrogen) atoms. The third kappa shape index (κ3) is 2.98. The summed E-state index contributed by atoms with van der Waals surface area (Å²) < 4.78 is 13.1. The van der Waals surface area contributed by atoms with Crippen molar-refractivity contribution in [3.05, 3.63) is 76.6 Å². The lowest BCUT2D eigenvalue weighted by atomic mass is 10.0. The number of hydrogen-bond acceptors (Lipinski definition) is 4. The van der Waals surface area contributed by atoms with E-state index in [1.165, 1.54) is 24.3 Å². The van der Waals surface area contributed by atoms with E-state index in [0.717, 1.165) is 5.56 Å². The van der Waals surface area contributed by atoms with Crippen LogP contribution in [0.15, 0.2) is 54.6 Å². The molecule has 0 saturated carbocycles. The summed E-state index contributed by atoms with van der Waals surface area (Å²) >= 11 is 6.55. The molecule has 120 valence electrons. The average Bonchev–Trinajstić information content (AvgIpc) is 2.62. The lowest BCUT2D eigenvalue weighted by Gasteiger charge is -2.14. The topological polar surface area (TPSA) is 61.7 Å². The second-order valence-corrected chi connectivity index (χ2v) is 5.46. The van der Waals surface area contributed by atoms with E-state index in [2.05, 4.69) is 15.5 Å². The number of aromatic nitrogens is 2. The Kier molecular flexibility index (Phi) is 4.53. The fourth-order valence-electron chi connectivity index (χ4n) is 2.36. The number of benzene rings is 2. The second-order valence-electron chi connectivity index (χ2n) is 5.08. The van der Waals surface area contributed by atoms with E-state index in [1.54, 1.807) is 7.05 Å². The van der Waals surface area contributed by atoms with Crippen molar-refractivity contribution in [2.24, 2.45) is 0 Å². The van der Waals surface area contributed by atoms with Gasteiger partial charge < -0.3 is 5.32 Å². The van der Waals surface area contributed by atoms with Crippen LogP contribution >= 0.6 is 11.6 Å². The van der Waals surface area contributed by atoms with Crippen molar-refractivity contribution >= 4 is 23.1 Å². The van der Waals surface area contributed by atoms with Crippen molar-refractivity contribution in [1.29, 1.82) is 5.41 Å². The minimum atomic E-state index is -0.357. The van der Waals surface area contributed by atoms with E-state index in [1.807, 2.05) is 30.3 Å². The number of hydrogen-bond donors (Lipinski definition) is 2. The van der Waals surface area contributed by atoms with Gasteiger partial charge in [0, 0.05) is 18.2 Å². The Labute approximate surface area is 143 Å². The van der Waals surface area contributed by atoms with Crippen LogP contribution < -0.4 is 5.32 Å². The predicted octanol–water partition coefficient (Wildman–Crippen LogP) is 4.39. The zero-order valence-corrected chi connectivity index (χ0v) is 13.6.